The molecule has 0 saturated carbocycles. The monoisotopic (exact) mass is 320 g/mol. The molecule has 0 aliphatic carbocycles. The molecule has 0 atom stereocenters. The van der Waals surface area contributed by atoms with E-state index in [2.05, 4.69) is 21.2 Å². The summed E-state index contributed by atoms with van der Waals surface area (Å²) >= 11 is 3.37. The van der Waals surface area contributed by atoms with Gasteiger partial charge in [0.05, 0.1) is 5.56 Å². The molecule has 0 spiro atoms. The van der Waals surface area contributed by atoms with Crippen molar-refractivity contribution in [1.82, 2.24) is 5.32 Å². The van der Waals surface area contributed by atoms with Gasteiger partial charge in [0, 0.05) is 23.3 Å². The smallest absolute Gasteiger partial charge is 0.254 e. The molecule has 19 heavy (non-hydrogen) atoms. The van der Waals surface area contributed by atoms with Gasteiger partial charge in [0.1, 0.15) is 11.5 Å². The van der Waals surface area contributed by atoms with Gasteiger partial charge in [-0.05, 0) is 30.3 Å². The fourth-order valence-electron chi connectivity index (χ4n) is 1.60. The first-order valence-electron chi connectivity index (χ1n) is 5.65. The molecule has 0 radical (unpaired) electrons. The molecule has 0 aromatic heterocycles. The SMILES string of the molecule is CNC(=O)c1ccc(N)cc1Oc1cccc(Br)c1. The van der Waals surface area contributed by atoms with Gasteiger partial charge < -0.3 is 15.8 Å². The summed E-state index contributed by atoms with van der Waals surface area (Å²) in [6.07, 6.45) is 0. The summed E-state index contributed by atoms with van der Waals surface area (Å²) < 4.78 is 6.62. The first-order valence-corrected chi connectivity index (χ1v) is 6.44. The Hall–Kier alpha value is -2.01. The van der Waals surface area contributed by atoms with Crippen molar-refractivity contribution < 1.29 is 9.53 Å². The van der Waals surface area contributed by atoms with Crippen LogP contribution in [-0.2, 0) is 0 Å². The lowest BCUT2D eigenvalue weighted by molar-refractivity contribution is 0.0961. The second-order valence-corrected chi connectivity index (χ2v) is 4.81. The van der Waals surface area contributed by atoms with Gasteiger partial charge in [-0.25, -0.2) is 0 Å². The summed E-state index contributed by atoms with van der Waals surface area (Å²) in [6, 6.07) is 12.3. The van der Waals surface area contributed by atoms with Gasteiger partial charge >= 0.3 is 0 Å². The van der Waals surface area contributed by atoms with E-state index in [9.17, 15) is 4.79 Å². The van der Waals surface area contributed by atoms with E-state index < -0.39 is 0 Å². The Morgan fingerprint density at radius 3 is 2.74 bits per heavy atom. The lowest BCUT2D eigenvalue weighted by atomic mass is 10.1. The van der Waals surface area contributed by atoms with Crippen LogP contribution < -0.4 is 15.8 Å². The third kappa shape index (κ3) is 3.26. The molecule has 3 N–H and O–H groups in total. The molecule has 2 aromatic carbocycles. The number of hydrogen-bond acceptors (Lipinski definition) is 3. The number of benzene rings is 2. The van der Waals surface area contributed by atoms with E-state index >= 15 is 0 Å². The maximum absolute atomic E-state index is 11.8. The largest absolute Gasteiger partial charge is 0.456 e. The van der Waals surface area contributed by atoms with Gasteiger partial charge in [-0.3, -0.25) is 4.79 Å². The predicted octanol–water partition coefficient (Wildman–Crippen LogP) is 3.18. The van der Waals surface area contributed by atoms with Crippen LogP contribution in [-0.4, -0.2) is 13.0 Å². The topological polar surface area (TPSA) is 64.4 Å². The molecule has 1 amide bonds. The molecule has 4 nitrogen and oxygen atoms in total. The second-order valence-electron chi connectivity index (χ2n) is 3.89. The number of nitrogens with two attached hydrogens (primary N) is 1. The average molecular weight is 321 g/mol. The number of rotatable bonds is 3. The van der Waals surface area contributed by atoms with Crippen molar-refractivity contribution in [3.63, 3.8) is 0 Å². The minimum Gasteiger partial charge on any atom is -0.456 e. The van der Waals surface area contributed by atoms with Crippen molar-refractivity contribution in [2.45, 2.75) is 0 Å². The van der Waals surface area contributed by atoms with E-state index in [-0.39, 0.29) is 5.91 Å². The summed E-state index contributed by atoms with van der Waals surface area (Å²) in [5, 5.41) is 2.57. The molecule has 2 aromatic rings. The van der Waals surface area contributed by atoms with Crippen LogP contribution in [0, 0.1) is 0 Å². The Bertz CT molecular complexity index is 614. The van der Waals surface area contributed by atoms with E-state index in [1.807, 2.05) is 24.3 Å². The van der Waals surface area contributed by atoms with Gasteiger partial charge in [-0.15, -0.1) is 0 Å². The fraction of sp³-hybridized carbons (Fsp3) is 0.0714. The third-order valence-corrected chi connectivity index (χ3v) is 2.99. The summed E-state index contributed by atoms with van der Waals surface area (Å²) in [5.74, 6) is 0.840. The quantitative estimate of drug-likeness (QED) is 0.854. The number of hydrogen-bond donors (Lipinski definition) is 2. The van der Waals surface area contributed by atoms with Crippen LogP contribution in [0.1, 0.15) is 10.4 Å². The van der Waals surface area contributed by atoms with Crippen molar-refractivity contribution in [3.8, 4) is 11.5 Å². The molecule has 0 aliphatic rings. The summed E-state index contributed by atoms with van der Waals surface area (Å²) in [6.45, 7) is 0. The molecule has 5 heteroatoms. The molecule has 2 rings (SSSR count). The number of carbonyl (C=O) groups excluding carboxylic acids is 1. The first-order chi connectivity index (χ1) is 9.10. The number of amides is 1. The Kier molecular flexibility index (Phi) is 4.06. The standard InChI is InChI=1S/C14H13BrN2O2/c1-17-14(18)12-6-5-10(16)8-13(12)19-11-4-2-3-9(15)7-11/h2-8H,16H2,1H3,(H,17,18). The Morgan fingerprint density at radius 2 is 2.05 bits per heavy atom. The molecule has 0 aliphatic heterocycles. The molecule has 0 unspecified atom stereocenters. The molecular weight excluding hydrogens is 308 g/mol. The van der Waals surface area contributed by atoms with Crippen LogP contribution in [0.15, 0.2) is 46.9 Å². The van der Waals surface area contributed by atoms with Crippen molar-refractivity contribution in [1.29, 1.82) is 0 Å². The third-order valence-electron chi connectivity index (χ3n) is 2.50. The van der Waals surface area contributed by atoms with Crippen molar-refractivity contribution in [2.75, 3.05) is 12.8 Å². The highest BCUT2D eigenvalue weighted by Gasteiger charge is 2.12. The van der Waals surface area contributed by atoms with Gasteiger partial charge in [0.15, 0.2) is 0 Å². The van der Waals surface area contributed by atoms with Crippen molar-refractivity contribution in [2.24, 2.45) is 0 Å². The van der Waals surface area contributed by atoms with Gasteiger partial charge in [-0.2, -0.15) is 0 Å². The summed E-state index contributed by atoms with van der Waals surface area (Å²) in [7, 11) is 1.57. The maximum Gasteiger partial charge on any atom is 0.254 e. The Morgan fingerprint density at radius 1 is 1.26 bits per heavy atom. The highest BCUT2D eigenvalue weighted by molar-refractivity contribution is 9.10. The number of ether oxygens (including phenoxy) is 1. The molecule has 98 valence electrons. The first kappa shape index (κ1) is 13.4. The van der Waals surface area contributed by atoms with Gasteiger partial charge in [0.2, 0.25) is 0 Å². The van der Waals surface area contributed by atoms with Crippen molar-refractivity contribution >= 4 is 27.5 Å². The van der Waals surface area contributed by atoms with Crippen LogP contribution >= 0.6 is 15.9 Å². The lowest BCUT2D eigenvalue weighted by Crippen LogP contribution is -2.18. The van der Waals surface area contributed by atoms with Crippen LogP contribution in [0.5, 0.6) is 11.5 Å². The van der Waals surface area contributed by atoms with Crippen LogP contribution in [0.4, 0.5) is 5.69 Å². The normalized spacial score (nSPS) is 10.0. The highest BCUT2D eigenvalue weighted by atomic mass is 79.9. The molecule has 0 heterocycles. The van der Waals surface area contributed by atoms with E-state index in [4.69, 9.17) is 10.5 Å². The van der Waals surface area contributed by atoms with Gasteiger partial charge in [-0.1, -0.05) is 22.0 Å². The van der Waals surface area contributed by atoms with E-state index in [1.54, 1.807) is 25.2 Å². The predicted molar refractivity (Wildman–Crippen MR) is 78.5 cm³/mol. The Labute approximate surface area is 119 Å². The number of carbonyl (C=O) groups is 1. The minimum absolute atomic E-state index is 0.218. The second kappa shape index (κ2) is 5.75. The van der Waals surface area contributed by atoms with E-state index in [0.29, 0.717) is 22.7 Å². The molecule has 0 fully saturated rings. The zero-order valence-corrected chi connectivity index (χ0v) is 11.9. The van der Waals surface area contributed by atoms with E-state index in [0.717, 1.165) is 4.47 Å². The Balaban J connectivity index is 2.38. The molecule has 0 bridgehead atoms. The lowest BCUT2D eigenvalue weighted by Gasteiger charge is -2.11. The molecular formula is C14H13BrN2O2. The number of nitrogens with one attached hydrogen (secondary N) is 1. The van der Waals surface area contributed by atoms with Crippen LogP contribution in [0.2, 0.25) is 0 Å². The van der Waals surface area contributed by atoms with E-state index in [1.165, 1.54) is 0 Å². The minimum atomic E-state index is -0.218. The zero-order valence-electron chi connectivity index (χ0n) is 10.3. The highest BCUT2D eigenvalue weighted by Crippen LogP contribution is 2.29. The number of nitrogen functional groups attached to an aromatic ring is 1. The van der Waals surface area contributed by atoms with Crippen LogP contribution in [0.25, 0.3) is 0 Å². The fourth-order valence-corrected chi connectivity index (χ4v) is 1.98. The number of halogens is 1. The van der Waals surface area contributed by atoms with Crippen LogP contribution in [0.3, 0.4) is 0 Å². The molecule has 0 saturated heterocycles. The van der Waals surface area contributed by atoms with Gasteiger partial charge in [0.25, 0.3) is 5.91 Å². The summed E-state index contributed by atoms with van der Waals surface area (Å²) in [4.78, 5) is 11.8. The zero-order chi connectivity index (χ0) is 13.8. The number of anilines is 1. The average Bonchev–Trinajstić information content (AvgIpc) is 2.38. The maximum atomic E-state index is 11.8. The van der Waals surface area contributed by atoms with Crippen molar-refractivity contribution in [3.05, 3.63) is 52.5 Å². The summed E-state index contributed by atoms with van der Waals surface area (Å²) in [5.41, 5.74) is 6.71.